The lowest BCUT2D eigenvalue weighted by molar-refractivity contribution is 0.768. The van der Waals surface area contributed by atoms with Gasteiger partial charge in [-0.05, 0) is 29.7 Å². The van der Waals surface area contributed by atoms with E-state index in [1.54, 1.807) is 17.8 Å². The van der Waals surface area contributed by atoms with Gasteiger partial charge in [0.05, 0.1) is 5.52 Å². The molecule has 0 aliphatic rings. The molecule has 0 amide bonds. The van der Waals surface area contributed by atoms with Crippen molar-refractivity contribution >= 4 is 22.7 Å². The molecule has 0 saturated heterocycles. The van der Waals surface area contributed by atoms with Crippen LogP contribution in [0.1, 0.15) is 0 Å². The fraction of sp³-hybridized carbons (Fsp3) is 0.118. The molecule has 0 bridgehead atoms. The number of pyridine rings is 1. The number of aryl methyl sites for hydroxylation is 1. The Bertz CT molecular complexity index is 765. The number of aromatic nitrogens is 1. The van der Waals surface area contributed by atoms with Crippen molar-refractivity contribution in [1.82, 2.24) is 4.57 Å². The summed E-state index contributed by atoms with van der Waals surface area (Å²) in [4.78, 5) is 13.3. The van der Waals surface area contributed by atoms with Crippen LogP contribution in [0.4, 0.5) is 0 Å². The fourth-order valence-electron chi connectivity index (χ4n) is 2.25. The van der Waals surface area contributed by atoms with Crippen LogP contribution < -0.4 is 5.56 Å². The molecule has 0 saturated carbocycles. The Kier molecular flexibility index (Phi) is 3.88. The van der Waals surface area contributed by atoms with Crippen LogP contribution in [0.15, 0.2) is 76.4 Å². The smallest absolute Gasteiger partial charge is 0.251 e. The quantitative estimate of drug-likeness (QED) is 0.679. The molecule has 2 aromatic carbocycles. The van der Waals surface area contributed by atoms with E-state index in [-0.39, 0.29) is 5.56 Å². The van der Waals surface area contributed by atoms with Crippen LogP contribution in [0.5, 0.6) is 0 Å². The van der Waals surface area contributed by atoms with E-state index in [1.807, 2.05) is 53.1 Å². The number of nitrogens with zero attached hydrogens (tertiary/aromatic N) is 1. The summed E-state index contributed by atoms with van der Waals surface area (Å²) in [7, 11) is 0. The predicted molar refractivity (Wildman–Crippen MR) is 85.4 cm³/mol. The van der Waals surface area contributed by atoms with Crippen molar-refractivity contribution in [3.8, 4) is 0 Å². The van der Waals surface area contributed by atoms with Gasteiger partial charge >= 0.3 is 0 Å². The minimum atomic E-state index is 0.0670. The van der Waals surface area contributed by atoms with Gasteiger partial charge in [0.15, 0.2) is 0 Å². The largest absolute Gasteiger partial charge is 0.307 e. The molecule has 0 N–H and O–H groups in total. The van der Waals surface area contributed by atoms with Gasteiger partial charge in [0, 0.05) is 23.3 Å². The van der Waals surface area contributed by atoms with Crippen LogP contribution >= 0.6 is 11.8 Å². The zero-order chi connectivity index (χ0) is 13.8. The van der Waals surface area contributed by atoms with Crippen LogP contribution in [0.25, 0.3) is 10.9 Å². The van der Waals surface area contributed by atoms with E-state index >= 15 is 0 Å². The average Bonchev–Trinajstić information content (AvgIpc) is 2.50. The number of benzene rings is 2. The van der Waals surface area contributed by atoms with Crippen LogP contribution in [-0.4, -0.2) is 10.3 Å². The molecular weight excluding hydrogens is 266 g/mol. The first-order chi connectivity index (χ1) is 9.84. The van der Waals surface area contributed by atoms with Crippen molar-refractivity contribution in [1.29, 1.82) is 0 Å². The topological polar surface area (TPSA) is 22.0 Å². The van der Waals surface area contributed by atoms with Crippen LogP contribution in [0.2, 0.25) is 0 Å². The highest BCUT2D eigenvalue weighted by atomic mass is 32.2. The fourth-order valence-corrected chi connectivity index (χ4v) is 3.11. The molecule has 0 spiro atoms. The highest BCUT2D eigenvalue weighted by molar-refractivity contribution is 7.99. The summed E-state index contributed by atoms with van der Waals surface area (Å²) >= 11 is 1.77. The monoisotopic (exact) mass is 281 g/mol. The summed E-state index contributed by atoms with van der Waals surface area (Å²) in [5.74, 6) is 0.887. The molecule has 0 aliphatic heterocycles. The Hall–Kier alpha value is -2.00. The van der Waals surface area contributed by atoms with Crippen molar-refractivity contribution in [2.75, 3.05) is 5.75 Å². The number of fused-ring (bicyclic) bond motifs is 1. The second-order valence-electron chi connectivity index (χ2n) is 4.54. The Balaban J connectivity index is 1.81. The molecule has 0 atom stereocenters. The maximum atomic E-state index is 12.0. The summed E-state index contributed by atoms with van der Waals surface area (Å²) < 4.78 is 1.85. The van der Waals surface area contributed by atoms with Crippen molar-refractivity contribution in [2.24, 2.45) is 0 Å². The SMILES string of the molecule is O=c1ccc2ccccc2n1CCSc1ccccc1. The lowest BCUT2D eigenvalue weighted by Gasteiger charge is -2.09. The molecular formula is C17H15NOS. The summed E-state index contributed by atoms with van der Waals surface area (Å²) in [6.07, 6.45) is 0. The van der Waals surface area contributed by atoms with Gasteiger partial charge in [0.1, 0.15) is 0 Å². The molecule has 1 aromatic heterocycles. The van der Waals surface area contributed by atoms with E-state index < -0.39 is 0 Å². The first-order valence-corrected chi connectivity index (χ1v) is 7.59. The highest BCUT2D eigenvalue weighted by Crippen LogP contribution is 2.18. The summed E-state index contributed by atoms with van der Waals surface area (Å²) in [5.41, 5.74) is 1.08. The van der Waals surface area contributed by atoms with E-state index in [9.17, 15) is 4.79 Å². The van der Waals surface area contributed by atoms with Gasteiger partial charge in [-0.1, -0.05) is 36.4 Å². The molecule has 3 aromatic rings. The lowest BCUT2D eigenvalue weighted by atomic mass is 10.2. The molecule has 0 fully saturated rings. The zero-order valence-electron chi connectivity index (χ0n) is 11.0. The van der Waals surface area contributed by atoms with E-state index in [0.29, 0.717) is 0 Å². The van der Waals surface area contributed by atoms with Crippen molar-refractivity contribution in [3.63, 3.8) is 0 Å². The third-order valence-corrected chi connectivity index (χ3v) is 4.22. The predicted octanol–water partition coefficient (Wildman–Crippen LogP) is 3.79. The van der Waals surface area contributed by atoms with E-state index in [1.165, 1.54) is 4.90 Å². The van der Waals surface area contributed by atoms with Gasteiger partial charge in [-0.15, -0.1) is 11.8 Å². The second-order valence-corrected chi connectivity index (χ2v) is 5.71. The molecule has 100 valence electrons. The molecule has 0 unspecified atom stereocenters. The number of thioether (sulfide) groups is 1. The molecule has 2 nitrogen and oxygen atoms in total. The Labute approximate surface area is 122 Å². The third kappa shape index (κ3) is 2.78. The average molecular weight is 281 g/mol. The third-order valence-electron chi connectivity index (χ3n) is 3.23. The van der Waals surface area contributed by atoms with Crippen molar-refractivity contribution in [3.05, 3.63) is 77.1 Å². The second kappa shape index (κ2) is 5.97. The van der Waals surface area contributed by atoms with Gasteiger partial charge in [-0.2, -0.15) is 0 Å². The van der Waals surface area contributed by atoms with Gasteiger partial charge < -0.3 is 4.57 Å². The first-order valence-electron chi connectivity index (χ1n) is 6.61. The van der Waals surface area contributed by atoms with Crippen LogP contribution in [0.3, 0.4) is 0 Å². The van der Waals surface area contributed by atoms with Gasteiger partial charge in [0.2, 0.25) is 0 Å². The molecule has 0 aliphatic carbocycles. The zero-order valence-corrected chi connectivity index (χ0v) is 11.8. The molecule has 1 heterocycles. The standard InChI is InChI=1S/C17H15NOS/c19-17-11-10-14-6-4-5-9-16(14)18(17)12-13-20-15-7-2-1-3-8-15/h1-11H,12-13H2. The normalized spacial score (nSPS) is 10.8. The van der Waals surface area contributed by atoms with Gasteiger partial charge in [0.25, 0.3) is 5.56 Å². The van der Waals surface area contributed by atoms with Crippen LogP contribution in [-0.2, 0) is 6.54 Å². The van der Waals surface area contributed by atoms with Crippen molar-refractivity contribution < 1.29 is 0 Å². The Morgan fingerprint density at radius 2 is 1.60 bits per heavy atom. The summed E-state index contributed by atoms with van der Waals surface area (Å²) in [6, 6.07) is 21.8. The van der Waals surface area contributed by atoms with Gasteiger partial charge in [-0.25, -0.2) is 0 Å². The number of hydrogen-bond acceptors (Lipinski definition) is 2. The maximum Gasteiger partial charge on any atom is 0.251 e. The number of hydrogen-bond donors (Lipinski definition) is 0. The van der Waals surface area contributed by atoms with E-state index in [2.05, 4.69) is 12.1 Å². The number of para-hydroxylation sites is 1. The molecule has 20 heavy (non-hydrogen) atoms. The Morgan fingerprint density at radius 3 is 2.45 bits per heavy atom. The minimum Gasteiger partial charge on any atom is -0.307 e. The van der Waals surface area contributed by atoms with E-state index in [4.69, 9.17) is 0 Å². The van der Waals surface area contributed by atoms with E-state index in [0.717, 1.165) is 23.2 Å². The lowest BCUT2D eigenvalue weighted by Crippen LogP contribution is -2.20. The van der Waals surface area contributed by atoms with Crippen LogP contribution in [0, 0.1) is 0 Å². The molecule has 3 rings (SSSR count). The first kappa shape index (κ1) is 13.0. The molecule has 3 heteroatoms. The number of rotatable bonds is 4. The minimum absolute atomic E-state index is 0.0670. The molecule has 0 radical (unpaired) electrons. The van der Waals surface area contributed by atoms with Gasteiger partial charge in [-0.3, -0.25) is 4.79 Å². The highest BCUT2D eigenvalue weighted by Gasteiger charge is 2.02. The maximum absolute atomic E-state index is 12.0. The Morgan fingerprint density at radius 1 is 0.850 bits per heavy atom. The summed E-state index contributed by atoms with van der Waals surface area (Å²) in [6.45, 7) is 0.722. The summed E-state index contributed by atoms with van der Waals surface area (Å²) in [5, 5.41) is 1.11. The van der Waals surface area contributed by atoms with Crippen molar-refractivity contribution in [2.45, 2.75) is 11.4 Å².